The van der Waals surface area contributed by atoms with E-state index in [4.69, 9.17) is 4.74 Å². The van der Waals surface area contributed by atoms with Crippen molar-refractivity contribution in [3.05, 3.63) is 11.6 Å². The van der Waals surface area contributed by atoms with Gasteiger partial charge in [0.25, 0.3) is 0 Å². The quantitative estimate of drug-likeness (QED) is 0.317. The summed E-state index contributed by atoms with van der Waals surface area (Å²) in [7, 11) is 0. The maximum Gasteiger partial charge on any atom is 0.302 e. The van der Waals surface area contributed by atoms with Crippen LogP contribution in [0, 0.1) is 46.3 Å². The Morgan fingerprint density at radius 3 is 2.58 bits per heavy atom. The van der Waals surface area contributed by atoms with E-state index in [0.717, 1.165) is 54.8 Å². The molecule has 0 heterocycles. The van der Waals surface area contributed by atoms with Crippen LogP contribution in [0.15, 0.2) is 11.6 Å². The summed E-state index contributed by atoms with van der Waals surface area (Å²) in [4.78, 5) is 11.6. The van der Waals surface area contributed by atoms with Crippen LogP contribution in [0.25, 0.3) is 0 Å². The zero-order valence-corrected chi connectivity index (χ0v) is 21.2. The Hall–Kier alpha value is -0.790. The Labute approximate surface area is 192 Å². The molecule has 2 heteroatoms. The average Bonchev–Trinajstić information content (AvgIpc) is 3.03. The van der Waals surface area contributed by atoms with Crippen LogP contribution in [0.2, 0.25) is 0 Å². The van der Waals surface area contributed by atoms with E-state index in [2.05, 4.69) is 40.7 Å². The summed E-state index contributed by atoms with van der Waals surface area (Å²) in [5.41, 5.74) is 2.49. The van der Waals surface area contributed by atoms with Gasteiger partial charge in [0.05, 0.1) is 0 Å². The summed E-state index contributed by atoms with van der Waals surface area (Å²) >= 11 is 0. The molecule has 0 spiro atoms. The molecule has 2 nitrogen and oxygen atoms in total. The molecular weight excluding hydrogens is 380 g/mol. The Morgan fingerprint density at radius 1 is 1.10 bits per heavy atom. The van der Waals surface area contributed by atoms with Crippen molar-refractivity contribution in [1.29, 1.82) is 0 Å². The molecule has 4 aliphatic rings. The predicted molar refractivity (Wildman–Crippen MR) is 129 cm³/mol. The van der Waals surface area contributed by atoms with E-state index >= 15 is 0 Å². The Morgan fingerprint density at radius 2 is 1.87 bits per heavy atom. The molecule has 1 unspecified atom stereocenters. The number of allylic oxidation sites excluding steroid dienone is 2. The molecule has 4 rings (SSSR count). The highest BCUT2D eigenvalue weighted by Crippen LogP contribution is 2.67. The fourth-order valence-corrected chi connectivity index (χ4v) is 9.08. The molecular formula is C29H48O2. The maximum atomic E-state index is 11.6. The third-order valence-electron chi connectivity index (χ3n) is 10.5. The van der Waals surface area contributed by atoms with E-state index in [1.807, 2.05) is 0 Å². The van der Waals surface area contributed by atoms with Gasteiger partial charge in [0.1, 0.15) is 6.10 Å². The van der Waals surface area contributed by atoms with Crippen molar-refractivity contribution in [3.8, 4) is 0 Å². The first-order chi connectivity index (χ1) is 14.6. The molecule has 0 aliphatic heterocycles. The van der Waals surface area contributed by atoms with Gasteiger partial charge in [0.2, 0.25) is 0 Å². The van der Waals surface area contributed by atoms with Crippen molar-refractivity contribution in [2.24, 2.45) is 46.3 Å². The zero-order chi connectivity index (χ0) is 22.4. The van der Waals surface area contributed by atoms with Gasteiger partial charge in [-0.3, -0.25) is 4.79 Å². The molecule has 0 saturated heterocycles. The van der Waals surface area contributed by atoms with Crippen molar-refractivity contribution in [2.75, 3.05) is 0 Å². The molecule has 0 amide bonds. The van der Waals surface area contributed by atoms with Gasteiger partial charge in [-0.1, -0.05) is 65.5 Å². The molecule has 0 aromatic carbocycles. The molecule has 0 N–H and O–H groups in total. The summed E-state index contributed by atoms with van der Waals surface area (Å²) in [5, 5.41) is 0. The zero-order valence-electron chi connectivity index (χ0n) is 21.2. The third-order valence-corrected chi connectivity index (χ3v) is 10.5. The van der Waals surface area contributed by atoms with Crippen molar-refractivity contribution in [2.45, 2.75) is 118 Å². The fraction of sp³-hybridized carbons (Fsp3) is 0.897. The Balaban J connectivity index is 1.49. The SMILES string of the molecule is CC(=O)OC1CCC2=CC[C@H]3[C@@H]4CC[C@H]([C@H](C)CCCC(C)C)[C@@]4(C)CC[C@@H]3[C@@]2(C)C1. The highest BCUT2D eigenvalue weighted by atomic mass is 16.5. The first-order valence-corrected chi connectivity index (χ1v) is 13.5. The summed E-state index contributed by atoms with van der Waals surface area (Å²) in [6.45, 7) is 14.1. The number of carbonyl (C=O) groups excluding carboxylic acids is 1. The first-order valence-electron chi connectivity index (χ1n) is 13.5. The lowest BCUT2D eigenvalue weighted by molar-refractivity contribution is -0.150. The van der Waals surface area contributed by atoms with Gasteiger partial charge >= 0.3 is 5.97 Å². The van der Waals surface area contributed by atoms with Crippen LogP contribution in [-0.4, -0.2) is 12.1 Å². The smallest absolute Gasteiger partial charge is 0.302 e. The minimum Gasteiger partial charge on any atom is -0.463 e. The number of fused-ring (bicyclic) bond motifs is 5. The standard InChI is InChI=1S/C29H48O2/c1-19(2)8-7-9-20(3)25-14-15-26-24-13-11-22-10-12-23(31-21(4)30)18-29(22,6)27(24)16-17-28(25,26)5/h11,19-20,23-27H,7-10,12-18H2,1-6H3/t20-,23?,24+,25-,26+,27+,28-,29+/m1/s1. The molecule has 31 heavy (non-hydrogen) atoms. The first kappa shape index (κ1) is 23.4. The maximum absolute atomic E-state index is 11.6. The molecule has 4 aliphatic carbocycles. The molecule has 3 saturated carbocycles. The fourth-order valence-electron chi connectivity index (χ4n) is 9.08. The average molecular weight is 429 g/mol. The highest BCUT2D eigenvalue weighted by molar-refractivity contribution is 5.66. The number of ether oxygens (including phenoxy) is 1. The molecule has 176 valence electrons. The lowest BCUT2D eigenvalue weighted by Gasteiger charge is -2.58. The summed E-state index contributed by atoms with van der Waals surface area (Å²) in [6, 6.07) is 0. The van der Waals surface area contributed by atoms with Crippen LogP contribution in [0.4, 0.5) is 0 Å². The molecule has 0 aromatic heterocycles. The summed E-state index contributed by atoms with van der Waals surface area (Å²) in [6.07, 6.45) is 17.2. The molecule has 0 aromatic rings. The van der Waals surface area contributed by atoms with Gasteiger partial charge in [0, 0.05) is 6.92 Å². The lowest BCUT2D eigenvalue weighted by atomic mass is 9.47. The van der Waals surface area contributed by atoms with Crippen LogP contribution in [0.3, 0.4) is 0 Å². The lowest BCUT2D eigenvalue weighted by Crippen LogP contribution is -2.51. The molecule has 8 atom stereocenters. The Bertz CT molecular complexity index is 693. The van der Waals surface area contributed by atoms with E-state index < -0.39 is 0 Å². The predicted octanol–water partition coefficient (Wildman–Crippen LogP) is 7.96. The largest absolute Gasteiger partial charge is 0.463 e. The second kappa shape index (κ2) is 8.86. The minimum absolute atomic E-state index is 0.102. The van der Waals surface area contributed by atoms with E-state index in [1.54, 1.807) is 12.5 Å². The second-order valence-electron chi connectivity index (χ2n) is 12.8. The minimum atomic E-state index is -0.102. The van der Waals surface area contributed by atoms with Crippen LogP contribution in [0.5, 0.6) is 0 Å². The third kappa shape index (κ3) is 4.26. The monoisotopic (exact) mass is 428 g/mol. The van der Waals surface area contributed by atoms with E-state index in [9.17, 15) is 4.79 Å². The molecule has 3 fully saturated rings. The van der Waals surface area contributed by atoms with E-state index in [1.165, 1.54) is 51.4 Å². The number of hydrogen-bond acceptors (Lipinski definition) is 2. The van der Waals surface area contributed by atoms with Gasteiger partial charge in [-0.15, -0.1) is 0 Å². The van der Waals surface area contributed by atoms with Crippen LogP contribution < -0.4 is 0 Å². The number of hydrogen-bond donors (Lipinski definition) is 0. The van der Waals surface area contributed by atoms with Crippen molar-refractivity contribution < 1.29 is 9.53 Å². The molecule has 0 radical (unpaired) electrons. The number of esters is 1. The molecule has 0 bridgehead atoms. The normalized spacial score (nSPS) is 42.9. The summed E-state index contributed by atoms with van der Waals surface area (Å²) in [5.74, 6) is 5.06. The Kier molecular flexibility index (Phi) is 6.68. The van der Waals surface area contributed by atoms with Crippen molar-refractivity contribution >= 4 is 5.97 Å². The van der Waals surface area contributed by atoms with Gasteiger partial charge in [-0.2, -0.15) is 0 Å². The van der Waals surface area contributed by atoms with Gasteiger partial charge in [0.15, 0.2) is 0 Å². The van der Waals surface area contributed by atoms with Crippen LogP contribution >= 0.6 is 0 Å². The number of carbonyl (C=O) groups is 1. The van der Waals surface area contributed by atoms with Crippen molar-refractivity contribution in [3.63, 3.8) is 0 Å². The van der Waals surface area contributed by atoms with E-state index in [0.29, 0.717) is 5.41 Å². The van der Waals surface area contributed by atoms with Gasteiger partial charge in [-0.05, 0) is 97.7 Å². The second-order valence-corrected chi connectivity index (χ2v) is 12.8. The van der Waals surface area contributed by atoms with Crippen LogP contribution in [-0.2, 0) is 9.53 Å². The van der Waals surface area contributed by atoms with E-state index in [-0.39, 0.29) is 17.5 Å². The van der Waals surface area contributed by atoms with Crippen LogP contribution in [0.1, 0.15) is 112 Å². The topological polar surface area (TPSA) is 26.3 Å². The van der Waals surface area contributed by atoms with Crippen molar-refractivity contribution in [1.82, 2.24) is 0 Å². The number of rotatable bonds is 6. The highest BCUT2D eigenvalue weighted by Gasteiger charge is 2.59. The summed E-state index contributed by atoms with van der Waals surface area (Å²) < 4.78 is 5.73. The van der Waals surface area contributed by atoms with Gasteiger partial charge in [-0.25, -0.2) is 0 Å². The van der Waals surface area contributed by atoms with Gasteiger partial charge < -0.3 is 4.74 Å².